The zero-order valence-electron chi connectivity index (χ0n) is 10.4. The van der Waals surface area contributed by atoms with Crippen molar-refractivity contribution < 1.29 is 5.11 Å². The summed E-state index contributed by atoms with van der Waals surface area (Å²) in [5.41, 5.74) is 6.52. The van der Waals surface area contributed by atoms with E-state index in [1.165, 1.54) is 6.08 Å². The molecule has 0 aliphatic heterocycles. The third kappa shape index (κ3) is 3.61. The van der Waals surface area contributed by atoms with Crippen molar-refractivity contribution >= 4 is 23.6 Å². The van der Waals surface area contributed by atoms with Crippen LogP contribution < -0.4 is 5.73 Å². The number of nitrogens with zero attached hydrogens (tertiary/aromatic N) is 2. The second-order valence-corrected chi connectivity index (χ2v) is 5.01. The van der Waals surface area contributed by atoms with Gasteiger partial charge < -0.3 is 15.4 Å². The Kier molecular flexibility index (Phi) is 4.01. The molecule has 0 aliphatic rings. The average Bonchev–Trinajstić information content (AvgIpc) is 2.44. The van der Waals surface area contributed by atoms with Crippen molar-refractivity contribution in [3.63, 3.8) is 0 Å². The van der Waals surface area contributed by atoms with Crippen LogP contribution in [0.3, 0.4) is 0 Å². The average molecular weight is 256 g/mol. The molecule has 0 fully saturated rings. The lowest BCUT2D eigenvalue weighted by atomic mass is 10.1. The Morgan fingerprint density at radius 2 is 2.24 bits per heavy atom. The highest BCUT2D eigenvalue weighted by molar-refractivity contribution is 6.33. The first-order valence-electron chi connectivity index (χ1n) is 5.29. The van der Waals surface area contributed by atoms with Crippen LogP contribution in [-0.4, -0.2) is 20.3 Å². The fourth-order valence-corrected chi connectivity index (χ4v) is 1.59. The number of nitrogens with two attached hydrogens (primary N) is 1. The van der Waals surface area contributed by atoms with E-state index in [-0.39, 0.29) is 0 Å². The normalized spacial score (nSPS) is 12.9. The first kappa shape index (κ1) is 13.8. The van der Waals surface area contributed by atoms with Crippen molar-refractivity contribution in [3.05, 3.63) is 29.1 Å². The number of anilines is 1. The van der Waals surface area contributed by atoms with Gasteiger partial charge >= 0.3 is 0 Å². The fraction of sp³-hybridized carbons (Fsp3) is 0.417. The quantitative estimate of drug-likeness (QED) is 0.812. The van der Waals surface area contributed by atoms with Crippen LogP contribution in [0.1, 0.15) is 25.2 Å². The largest absolute Gasteiger partial charge is 0.389 e. The van der Waals surface area contributed by atoms with Crippen molar-refractivity contribution in [3.8, 4) is 0 Å². The molecule has 0 amide bonds. The molecule has 4 nitrogen and oxygen atoms in total. The smallest absolute Gasteiger partial charge is 0.201 e. The first-order chi connectivity index (χ1) is 7.74. The van der Waals surface area contributed by atoms with Gasteiger partial charge in [0, 0.05) is 10.7 Å². The fourth-order valence-electron chi connectivity index (χ4n) is 1.49. The summed E-state index contributed by atoms with van der Waals surface area (Å²) in [5, 5.41) is 10.3. The van der Waals surface area contributed by atoms with Crippen LogP contribution in [0.4, 0.5) is 5.95 Å². The van der Waals surface area contributed by atoms with Gasteiger partial charge in [-0.05, 0) is 26.8 Å². The summed E-state index contributed by atoms with van der Waals surface area (Å²) in [7, 11) is 0. The Bertz CT molecular complexity index is 455. The summed E-state index contributed by atoms with van der Waals surface area (Å²) in [6.07, 6.45) is 3.23. The maximum absolute atomic E-state index is 9.80. The molecular formula is C12H18ClN3O. The van der Waals surface area contributed by atoms with E-state index in [9.17, 15) is 5.11 Å². The summed E-state index contributed by atoms with van der Waals surface area (Å²) in [4.78, 5) is 4.20. The predicted molar refractivity (Wildman–Crippen MR) is 71.7 cm³/mol. The summed E-state index contributed by atoms with van der Waals surface area (Å²) in [6.45, 7) is 9.28. The standard InChI is InChI=1S/C12H18ClN3O/c1-5-9(13)6-10-8(2)16(11(14)15-10)7-12(3,4)17/h5-6,17H,1,7H2,2-4H3,(H2,14,15)/b9-6+. The molecule has 0 unspecified atom stereocenters. The molecule has 0 saturated heterocycles. The van der Waals surface area contributed by atoms with E-state index >= 15 is 0 Å². The molecule has 0 aliphatic carbocycles. The maximum atomic E-state index is 9.80. The third-order valence-corrected chi connectivity index (χ3v) is 2.57. The molecule has 3 N–H and O–H groups in total. The van der Waals surface area contributed by atoms with Crippen molar-refractivity contribution in [2.45, 2.75) is 32.9 Å². The lowest BCUT2D eigenvalue weighted by Gasteiger charge is -2.19. The van der Waals surface area contributed by atoms with Crippen LogP contribution in [0.25, 0.3) is 6.08 Å². The molecule has 0 spiro atoms. The number of aliphatic hydroxyl groups is 1. The van der Waals surface area contributed by atoms with E-state index < -0.39 is 5.60 Å². The molecule has 0 saturated carbocycles. The Balaban J connectivity index is 3.15. The molecule has 1 aromatic rings. The first-order valence-corrected chi connectivity index (χ1v) is 5.67. The number of nitrogen functional groups attached to an aromatic ring is 1. The van der Waals surface area contributed by atoms with Gasteiger partial charge in [0.05, 0.1) is 17.8 Å². The van der Waals surface area contributed by atoms with Crippen LogP contribution in [0.15, 0.2) is 17.7 Å². The number of allylic oxidation sites excluding steroid dienone is 2. The van der Waals surface area contributed by atoms with E-state index in [0.29, 0.717) is 23.2 Å². The van der Waals surface area contributed by atoms with E-state index in [4.69, 9.17) is 17.3 Å². The molecule has 0 bridgehead atoms. The second kappa shape index (κ2) is 4.94. The van der Waals surface area contributed by atoms with Gasteiger partial charge in [-0.15, -0.1) is 0 Å². The zero-order valence-corrected chi connectivity index (χ0v) is 11.1. The van der Waals surface area contributed by atoms with Gasteiger partial charge in [-0.25, -0.2) is 4.98 Å². The molecular weight excluding hydrogens is 238 g/mol. The summed E-state index contributed by atoms with van der Waals surface area (Å²) >= 11 is 5.87. The van der Waals surface area contributed by atoms with Crippen LogP contribution in [-0.2, 0) is 6.54 Å². The van der Waals surface area contributed by atoms with Crippen molar-refractivity contribution in [2.75, 3.05) is 5.73 Å². The van der Waals surface area contributed by atoms with Crippen molar-refractivity contribution in [1.29, 1.82) is 0 Å². The molecule has 94 valence electrons. The highest BCUT2D eigenvalue weighted by Crippen LogP contribution is 2.20. The lowest BCUT2D eigenvalue weighted by molar-refractivity contribution is 0.0615. The molecule has 0 aromatic carbocycles. The Hall–Kier alpha value is -1.26. The molecule has 5 heteroatoms. The summed E-state index contributed by atoms with van der Waals surface area (Å²) < 4.78 is 1.76. The molecule has 0 atom stereocenters. The van der Waals surface area contributed by atoms with Gasteiger partial charge in [0.2, 0.25) is 5.95 Å². The molecule has 1 heterocycles. The monoisotopic (exact) mass is 255 g/mol. The number of halogens is 1. The number of aromatic nitrogens is 2. The van der Waals surface area contributed by atoms with Crippen LogP contribution in [0.5, 0.6) is 0 Å². The van der Waals surface area contributed by atoms with Gasteiger partial charge in [-0.3, -0.25) is 0 Å². The highest BCUT2D eigenvalue weighted by Gasteiger charge is 2.18. The molecule has 0 radical (unpaired) electrons. The number of imidazole rings is 1. The van der Waals surface area contributed by atoms with E-state index in [0.717, 1.165) is 5.69 Å². The molecule has 1 aromatic heterocycles. The number of hydrogen-bond donors (Lipinski definition) is 2. The SMILES string of the molecule is C=C/C(Cl)=C\c1nc(N)n(CC(C)(C)O)c1C. The van der Waals surface area contributed by atoms with Crippen LogP contribution in [0.2, 0.25) is 0 Å². The summed E-state index contributed by atoms with van der Waals surface area (Å²) in [5.74, 6) is 0.365. The van der Waals surface area contributed by atoms with Crippen molar-refractivity contribution in [2.24, 2.45) is 0 Å². The molecule has 17 heavy (non-hydrogen) atoms. The molecule has 1 rings (SSSR count). The lowest BCUT2D eigenvalue weighted by Crippen LogP contribution is -2.27. The minimum Gasteiger partial charge on any atom is -0.389 e. The predicted octanol–water partition coefficient (Wildman–Crippen LogP) is 2.31. The van der Waals surface area contributed by atoms with Gasteiger partial charge in [-0.2, -0.15) is 0 Å². The van der Waals surface area contributed by atoms with E-state index in [1.54, 1.807) is 24.5 Å². The minimum absolute atomic E-state index is 0.365. The Labute approximate surface area is 106 Å². The Morgan fingerprint density at radius 3 is 2.71 bits per heavy atom. The van der Waals surface area contributed by atoms with Gasteiger partial charge in [0.1, 0.15) is 0 Å². The van der Waals surface area contributed by atoms with Crippen LogP contribution >= 0.6 is 11.6 Å². The topological polar surface area (TPSA) is 64.1 Å². The number of rotatable bonds is 4. The minimum atomic E-state index is -0.844. The van der Waals surface area contributed by atoms with Crippen LogP contribution in [0, 0.1) is 6.92 Å². The second-order valence-electron chi connectivity index (χ2n) is 4.57. The zero-order chi connectivity index (χ0) is 13.2. The van der Waals surface area contributed by atoms with Gasteiger partial charge in [0.25, 0.3) is 0 Å². The van der Waals surface area contributed by atoms with E-state index in [2.05, 4.69) is 11.6 Å². The Morgan fingerprint density at radius 1 is 1.65 bits per heavy atom. The highest BCUT2D eigenvalue weighted by atomic mass is 35.5. The number of hydrogen-bond acceptors (Lipinski definition) is 3. The van der Waals surface area contributed by atoms with Gasteiger partial charge in [-0.1, -0.05) is 24.3 Å². The summed E-state index contributed by atoms with van der Waals surface area (Å²) in [6, 6.07) is 0. The maximum Gasteiger partial charge on any atom is 0.201 e. The van der Waals surface area contributed by atoms with E-state index in [1.807, 2.05) is 6.92 Å². The van der Waals surface area contributed by atoms with Crippen molar-refractivity contribution in [1.82, 2.24) is 9.55 Å². The third-order valence-electron chi connectivity index (χ3n) is 2.30. The van der Waals surface area contributed by atoms with Gasteiger partial charge in [0.15, 0.2) is 0 Å².